The Morgan fingerprint density at radius 3 is 2.52 bits per heavy atom. The van der Waals surface area contributed by atoms with Crippen LogP contribution in [0.5, 0.6) is 0 Å². The minimum atomic E-state index is -0.596. The van der Waals surface area contributed by atoms with Gasteiger partial charge in [0, 0.05) is 24.7 Å². The summed E-state index contributed by atoms with van der Waals surface area (Å²) in [6, 6.07) is 8.28. The fraction of sp³-hybridized carbons (Fsp3) is 0.476. The normalized spacial score (nSPS) is 17.6. The average Bonchev–Trinajstić information content (AvgIpc) is 3.28. The fourth-order valence-corrected chi connectivity index (χ4v) is 3.20. The number of benzene rings is 1. The van der Waals surface area contributed by atoms with E-state index in [0.29, 0.717) is 12.3 Å². The maximum absolute atomic E-state index is 12.6. The molecule has 0 radical (unpaired) electrons. The van der Waals surface area contributed by atoms with Crippen LogP contribution in [0.25, 0.3) is 0 Å². The van der Waals surface area contributed by atoms with Crippen molar-refractivity contribution in [2.45, 2.75) is 65.6 Å². The molecule has 2 atom stereocenters. The topological polar surface area (TPSA) is 68.5 Å². The number of amides is 1. The molecule has 0 spiro atoms. The number of carbonyl (C=O) groups is 1. The summed E-state index contributed by atoms with van der Waals surface area (Å²) in [6.07, 6.45) is 1.82. The lowest BCUT2D eigenvalue weighted by molar-refractivity contribution is -0.131. The maximum atomic E-state index is 12.6. The monoisotopic (exact) mass is 368 g/mol. The van der Waals surface area contributed by atoms with Gasteiger partial charge in [0.05, 0.1) is 17.4 Å². The highest BCUT2D eigenvalue weighted by Crippen LogP contribution is 2.21. The third-order valence-electron chi connectivity index (χ3n) is 5.00. The van der Waals surface area contributed by atoms with Gasteiger partial charge in [0.25, 0.3) is 5.91 Å². The standard InChI is InChI=1S/C21H28N4O2/c1-6-25-12-18(15(5)23-25)19-11-20(27-24-19)21(26)22-14(4)17-9-7-16(8-10-17)13(2)3/h7-10,12-14,20H,6,11H2,1-5H3,(H,22,26). The van der Waals surface area contributed by atoms with Crippen LogP contribution in [-0.2, 0) is 16.2 Å². The molecule has 1 aliphatic heterocycles. The van der Waals surface area contributed by atoms with Crippen LogP contribution < -0.4 is 5.32 Å². The number of carbonyl (C=O) groups excluding carboxylic acids is 1. The number of nitrogens with one attached hydrogen (secondary N) is 1. The van der Waals surface area contributed by atoms with E-state index in [1.807, 2.05) is 31.6 Å². The predicted molar refractivity (Wildman–Crippen MR) is 106 cm³/mol. The Kier molecular flexibility index (Phi) is 5.63. The van der Waals surface area contributed by atoms with Gasteiger partial charge in [-0.05, 0) is 37.8 Å². The van der Waals surface area contributed by atoms with Crippen molar-refractivity contribution >= 4 is 11.6 Å². The number of aromatic nitrogens is 2. The van der Waals surface area contributed by atoms with Gasteiger partial charge in [0.15, 0.2) is 0 Å². The van der Waals surface area contributed by atoms with Crippen LogP contribution in [0.3, 0.4) is 0 Å². The van der Waals surface area contributed by atoms with Gasteiger partial charge in [-0.3, -0.25) is 9.48 Å². The molecule has 0 saturated heterocycles. The van der Waals surface area contributed by atoms with E-state index in [4.69, 9.17) is 4.84 Å². The molecule has 6 heteroatoms. The molecular formula is C21H28N4O2. The maximum Gasteiger partial charge on any atom is 0.264 e. The molecule has 0 fully saturated rings. The quantitative estimate of drug-likeness (QED) is 0.845. The third kappa shape index (κ3) is 4.21. The van der Waals surface area contributed by atoms with E-state index in [0.717, 1.165) is 29.1 Å². The lowest BCUT2D eigenvalue weighted by atomic mass is 9.99. The van der Waals surface area contributed by atoms with E-state index >= 15 is 0 Å². The van der Waals surface area contributed by atoms with Crippen molar-refractivity contribution in [2.75, 3.05) is 0 Å². The summed E-state index contributed by atoms with van der Waals surface area (Å²) >= 11 is 0. The average molecular weight is 368 g/mol. The van der Waals surface area contributed by atoms with Crippen LogP contribution >= 0.6 is 0 Å². The molecule has 0 aliphatic carbocycles. The van der Waals surface area contributed by atoms with Gasteiger partial charge in [-0.2, -0.15) is 5.10 Å². The first-order chi connectivity index (χ1) is 12.9. The van der Waals surface area contributed by atoms with Crippen molar-refractivity contribution in [2.24, 2.45) is 5.16 Å². The Balaban J connectivity index is 1.60. The van der Waals surface area contributed by atoms with E-state index < -0.39 is 6.10 Å². The zero-order chi connectivity index (χ0) is 19.6. The van der Waals surface area contributed by atoms with Crippen molar-refractivity contribution in [3.63, 3.8) is 0 Å². The van der Waals surface area contributed by atoms with Crippen LogP contribution in [-0.4, -0.2) is 27.5 Å². The zero-order valence-corrected chi connectivity index (χ0v) is 16.7. The van der Waals surface area contributed by atoms with Gasteiger partial charge < -0.3 is 10.2 Å². The molecule has 0 bridgehead atoms. The second kappa shape index (κ2) is 7.94. The Morgan fingerprint density at radius 1 is 1.26 bits per heavy atom. The lowest BCUT2D eigenvalue weighted by Crippen LogP contribution is -2.36. The molecular weight excluding hydrogens is 340 g/mol. The first-order valence-corrected chi connectivity index (χ1v) is 9.56. The second-order valence-electron chi connectivity index (χ2n) is 7.37. The highest BCUT2D eigenvalue weighted by Gasteiger charge is 2.31. The highest BCUT2D eigenvalue weighted by molar-refractivity contribution is 6.04. The van der Waals surface area contributed by atoms with Crippen molar-refractivity contribution < 1.29 is 9.63 Å². The Hall–Kier alpha value is -2.63. The van der Waals surface area contributed by atoms with E-state index in [-0.39, 0.29) is 11.9 Å². The first-order valence-electron chi connectivity index (χ1n) is 9.56. The molecule has 6 nitrogen and oxygen atoms in total. The molecule has 1 aliphatic rings. The molecule has 3 rings (SSSR count). The number of oxime groups is 1. The summed E-state index contributed by atoms with van der Waals surface area (Å²) < 4.78 is 1.86. The van der Waals surface area contributed by atoms with E-state index in [2.05, 4.69) is 53.7 Å². The number of hydrogen-bond acceptors (Lipinski definition) is 4. The van der Waals surface area contributed by atoms with Crippen molar-refractivity contribution in [1.82, 2.24) is 15.1 Å². The predicted octanol–water partition coefficient (Wildman–Crippen LogP) is 3.71. The van der Waals surface area contributed by atoms with E-state index in [1.54, 1.807) is 0 Å². The minimum Gasteiger partial charge on any atom is -0.382 e. The number of aryl methyl sites for hydroxylation is 2. The third-order valence-corrected chi connectivity index (χ3v) is 5.00. The van der Waals surface area contributed by atoms with Crippen molar-refractivity contribution in [3.8, 4) is 0 Å². The Bertz CT molecular complexity index is 836. The molecule has 2 unspecified atom stereocenters. The Labute approximate surface area is 160 Å². The SMILES string of the molecule is CCn1cc(C2=NOC(C(=O)NC(C)c3ccc(C(C)C)cc3)C2)c(C)n1. The van der Waals surface area contributed by atoms with Crippen molar-refractivity contribution in [1.29, 1.82) is 0 Å². The van der Waals surface area contributed by atoms with Gasteiger partial charge in [-0.1, -0.05) is 43.3 Å². The van der Waals surface area contributed by atoms with Gasteiger partial charge >= 0.3 is 0 Å². The van der Waals surface area contributed by atoms with Crippen LogP contribution in [0, 0.1) is 6.92 Å². The summed E-state index contributed by atoms with van der Waals surface area (Å²) in [5, 5.41) is 11.6. The zero-order valence-electron chi connectivity index (χ0n) is 16.7. The summed E-state index contributed by atoms with van der Waals surface area (Å²) in [7, 11) is 0. The van der Waals surface area contributed by atoms with E-state index in [1.165, 1.54) is 5.56 Å². The van der Waals surface area contributed by atoms with Crippen LogP contribution in [0.1, 0.15) is 68.5 Å². The minimum absolute atomic E-state index is 0.0871. The summed E-state index contributed by atoms with van der Waals surface area (Å²) in [5.74, 6) is 0.349. The highest BCUT2D eigenvalue weighted by atomic mass is 16.6. The molecule has 1 amide bonds. The molecule has 0 saturated carbocycles. The van der Waals surface area contributed by atoms with Gasteiger partial charge in [0.1, 0.15) is 0 Å². The molecule has 2 aromatic rings. The molecule has 144 valence electrons. The van der Waals surface area contributed by atoms with Crippen LogP contribution in [0.15, 0.2) is 35.6 Å². The van der Waals surface area contributed by atoms with E-state index in [9.17, 15) is 4.79 Å². The van der Waals surface area contributed by atoms with Gasteiger partial charge in [-0.25, -0.2) is 0 Å². The Morgan fingerprint density at radius 2 is 1.93 bits per heavy atom. The molecule has 27 heavy (non-hydrogen) atoms. The second-order valence-corrected chi connectivity index (χ2v) is 7.37. The summed E-state index contributed by atoms with van der Waals surface area (Å²) in [4.78, 5) is 18.0. The summed E-state index contributed by atoms with van der Waals surface area (Å²) in [5.41, 5.74) is 4.99. The van der Waals surface area contributed by atoms with Gasteiger partial charge in [0.2, 0.25) is 6.10 Å². The van der Waals surface area contributed by atoms with Crippen molar-refractivity contribution in [3.05, 3.63) is 52.8 Å². The molecule has 1 N–H and O–H groups in total. The largest absolute Gasteiger partial charge is 0.382 e. The van der Waals surface area contributed by atoms with Gasteiger partial charge in [-0.15, -0.1) is 0 Å². The number of rotatable bonds is 6. The molecule has 1 aromatic carbocycles. The lowest BCUT2D eigenvalue weighted by Gasteiger charge is -2.17. The summed E-state index contributed by atoms with van der Waals surface area (Å²) in [6.45, 7) is 11.1. The molecule has 2 heterocycles. The number of hydrogen-bond donors (Lipinski definition) is 1. The van der Waals surface area contributed by atoms with Crippen LogP contribution in [0.2, 0.25) is 0 Å². The fourth-order valence-electron chi connectivity index (χ4n) is 3.20. The smallest absolute Gasteiger partial charge is 0.264 e. The first kappa shape index (κ1) is 19.1. The van der Waals surface area contributed by atoms with Crippen LogP contribution in [0.4, 0.5) is 0 Å². The molecule has 1 aromatic heterocycles. The number of nitrogens with zero attached hydrogens (tertiary/aromatic N) is 3.